The van der Waals surface area contributed by atoms with Gasteiger partial charge in [-0.25, -0.2) is 18.7 Å². The number of alkyl halides is 2. The molecule has 0 radical (unpaired) electrons. The number of nitrogens with zero attached hydrogens (tertiary/aromatic N) is 6. The minimum absolute atomic E-state index is 0.195. The van der Waals surface area contributed by atoms with Gasteiger partial charge in [0.2, 0.25) is 5.65 Å². The lowest BCUT2D eigenvalue weighted by Gasteiger charge is -2.21. The summed E-state index contributed by atoms with van der Waals surface area (Å²) in [7, 11) is 0. The third kappa shape index (κ3) is 2.83. The SMILES string of the molecule is CC(C)(C)c1nc(N2CCC(F)(F)C2)c2nn(-c3ccoc3)nc2n1. The van der Waals surface area contributed by atoms with Gasteiger partial charge in [0.05, 0.1) is 12.8 Å². The van der Waals surface area contributed by atoms with Gasteiger partial charge in [-0.2, -0.15) is 0 Å². The van der Waals surface area contributed by atoms with Crippen molar-refractivity contribution in [3.63, 3.8) is 0 Å². The van der Waals surface area contributed by atoms with E-state index in [9.17, 15) is 8.78 Å². The molecule has 0 spiro atoms. The first-order chi connectivity index (χ1) is 11.7. The quantitative estimate of drug-likeness (QED) is 0.709. The third-order valence-electron chi connectivity index (χ3n) is 4.11. The van der Waals surface area contributed by atoms with Crippen LogP contribution in [0.3, 0.4) is 0 Å². The maximum absolute atomic E-state index is 13.7. The molecule has 0 atom stereocenters. The maximum atomic E-state index is 13.7. The van der Waals surface area contributed by atoms with Gasteiger partial charge in [0.25, 0.3) is 5.92 Å². The molecule has 3 aromatic heterocycles. The summed E-state index contributed by atoms with van der Waals surface area (Å²) in [6.07, 6.45) is 2.82. The van der Waals surface area contributed by atoms with Crippen LogP contribution in [0.25, 0.3) is 16.9 Å². The highest BCUT2D eigenvalue weighted by molar-refractivity contribution is 5.83. The summed E-state index contributed by atoms with van der Waals surface area (Å²) in [6, 6.07) is 1.71. The van der Waals surface area contributed by atoms with Crippen LogP contribution in [-0.4, -0.2) is 44.0 Å². The Kier molecular flexibility index (Phi) is 3.32. The number of rotatable bonds is 2. The molecule has 4 heterocycles. The van der Waals surface area contributed by atoms with Crippen molar-refractivity contribution < 1.29 is 13.2 Å². The molecule has 132 valence electrons. The number of aromatic nitrogens is 5. The maximum Gasteiger partial charge on any atom is 0.266 e. The van der Waals surface area contributed by atoms with Gasteiger partial charge in [0.1, 0.15) is 17.8 Å². The fourth-order valence-corrected chi connectivity index (χ4v) is 2.76. The minimum Gasteiger partial charge on any atom is -0.470 e. The Labute approximate surface area is 142 Å². The van der Waals surface area contributed by atoms with E-state index in [1.54, 1.807) is 11.0 Å². The molecule has 1 aliphatic heterocycles. The zero-order valence-electron chi connectivity index (χ0n) is 14.2. The molecule has 4 rings (SSSR count). The van der Waals surface area contributed by atoms with Crippen molar-refractivity contribution in [3.05, 3.63) is 24.4 Å². The molecule has 1 saturated heterocycles. The lowest BCUT2D eigenvalue weighted by atomic mass is 9.96. The van der Waals surface area contributed by atoms with E-state index in [1.165, 1.54) is 17.3 Å². The van der Waals surface area contributed by atoms with E-state index in [0.717, 1.165) is 0 Å². The van der Waals surface area contributed by atoms with Crippen LogP contribution in [0.2, 0.25) is 0 Å². The Morgan fingerprint density at radius 1 is 1.20 bits per heavy atom. The summed E-state index contributed by atoms with van der Waals surface area (Å²) in [5.74, 6) is -1.77. The van der Waals surface area contributed by atoms with E-state index in [2.05, 4.69) is 20.2 Å². The molecular formula is C16H18F2N6O. The van der Waals surface area contributed by atoms with Crippen LogP contribution in [0, 0.1) is 0 Å². The van der Waals surface area contributed by atoms with Crippen molar-refractivity contribution in [2.24, 2.45) is 0 Å². The molecule has 0 saturated carbocycles. The molecule has 25 heavy (non-hydrogen) atoms. The largest absolute Gasteiger partial charge is 0.470 e. The Morgan fingerprint density at radius 3 is 2.60 bits per heavy atom. The van der Waals surface area contributed by atoms with Crippen molar-refractivity contribution in [2.45, 2.75) is 38.5 Å². The first kappa shape index (κ1) is 15.9. The number of furan rings is 1. The Hall–Kier alpha value is -2.58. The molecule has 0 aliphatic carbocycles. The lowest BCUT2D eigenvalue weighted by molar-refractivity contribution is 0.0257. The van der Waals surface area contributed by atoms with Crippen LogP contribution >= 0.6 is 0 Å². The van der Waals surface area contributed by atoms with Crippen molar-refractivity contribution in [1.29, 1.82) is 0 Å². The van der Waals surface area contributed by atoms with Gasteiger partial charge < -0.3 is 9.32 Å². The first-order valence-electron chi connectivity index (χ1n) is 8.04. The second-order valence-corrected chi connectivity index (χ2v) is 7.29. The fraction of sp³-hybridized carbons (Fsp3) is 0.500. The van der Waals surface area contributed by atoms with Gasteiger partial charge >= 0.3 is 0 Å². The molecule has 7 nitrogen and oxygen atoms in total. The molecule has 0 unspecified atom stereocenters. The summed E-state index contributed by atoms with van der Waals surface area (Å²) in [5, 5.41) is 8.78. The van der Waals surface area contributed by atoms with Crippen molar-refractivity contribution in [3.8, 4) is 5.69 Å². The van der Waals surface area contributed by atoms with Crippen LogP contribution < -0.4 is 4.90 Å². The normalized spacial score (nSPS) is 17.6. The van der Waals surface area contributed by atoms with E-state index in [0.29, 0.717) is 28.5 Å². The minimum atomic E-state index is -2.72. The van der Waals surface area contributed by atoms with Gasteiger partial charge in [-0.05, 0) is 0 Å². The Balaban J connectivity index is 1.89. The molecule has 9 heteroatoms. The number of hydrogen-bond donors (Lipinski definition) is 0. The number of hydrogen-bond acceptors (Lipinski definition) is 6. The second-order valence-electron chi connectivity index (χ2n) is 7.29. The number of fused-ring (bicyclic) bond motifs is 1. The fourth-order valence-electron chi connectivity index (χ4n) is 2.76. The average Bonchev–Trinajstić information content (AvgIpc) is 3.22. The first-order valence-corrected chi connectivity index (χ1v) is 8.04. The molecular weight excluding hydrogens is 330 g/mol. The van der Waals surface area contributed by atoms with Gasteiger partial charge in [0, 0.05) is 24.4 Å². The van der Waals surface area contributed by atoms with E-state index >= 15 is 0 Å². The van der Waals surface area contributed by atoms with E-state index in [4.69, 9.17) is 4.42 Å². The van der Waals surface area contributed by atoms with Crippen LogP contribution in [0.4, 0.5) is 14.6 Å². The summed E-state index contributed by atoms with van der Waals surface area (Å²) in [4.78, 5) is 12.0. The highest BCUT2D eigenvalue weighted by Crippen LogP contribution is 2.34. The van der Waals surface area contributed by atoms with Crippen molar-refractivity contribution in [1.82, 2.24) is 25.0 Å². The van der Waals surface area contributed by atoms with E-state index < -0.39 is 5.92 Å². The monoisotopic (exact) mass is 348 g/mol. The highest BCUT2D eigenvalue weighted by atomic mass is 19.3. The molecule has 0 bridgehead atoms. The standard InChI is InChI=1S/C16H18F2N6O/c1-15(2,3)14-19-12-11(21-24(22-12)10-4-7-25-8-10)13(20-14)23-6-5-16(17,18)9-23/h4,7-8H,5-6,9H2,1-3H3. The molecule has 0 aromatic carbocycles. The molecule has 1 aliphatic rings. The zero-order valence-corrected chi connectivity index (χ0v) is 14.2. The van der Waals surface area contributed by atoms with Crippen molar-refractivity contribution in [2.75, 3.05) is 18.0 Å². The highest BCUT2D eigenvalue weighted by Gasteiger charge is 2.40. The second kappa shape index (κ2) is 5.21. The van der Waals surface area contributed by atoms with E-state index in [1.807, 2.05) is 20.8 Å². The van der Waals surface area contributed by atoms with E-state index in [-0.39, 0.29) is 24.9 Å². The number of anilines is 1. The van der Waals surface area contributed by atoms with Gasteiger partial charge in [-0.1, -0.05) is 20.8 Å². The molecule has 0 amide bonds. The van der Waals surface area contributed by atoms with Crippen LogP contribution in [-0.2, 0) is 5.41 Å². The third-order valence-corrected chi connectivity index (χ3v) is 4.11. The Morgan fingerprint density at radius 2 is 2.00 bits per heavy atom. The van der Waals surface area contributed by atoms with Gasteiger partial charge in [0.15, 0.2) is 11.3 Å². The molecule has 1 fully saturated rings. The van der Waals surface area contributed by atoms with Gasteiger partial charge in [-0.3, -0.25) is 0 Å². The predicted molar refractivity (Wildman–Crippen MR) is 87.2 cm³/mol. The average molecular weight is 348 g/mol. The summed E-state index contributed by atoms with van der Waals surface area (Å²) >= 11 is 0. The Bertz CT molecular complexity index is 913. The topological polar surface area (TPSA) is 72.9 Å². The number of halogens is 2. The van der Waals surface area contributed by atoms with Crippen molar-refractivity contribution >= 4 is 17.0 Å². The summed E-state index contributed by atoms with van der Waals surface area (Å²) in [5.41, 5.74) is 1.08. The lowest BCUT2D eigenvalue weighted by Crippen LogP contribution is -2.27. The smallest absolute Gasteiger partial charge is 0.266 e. The molecule has 0 N–H and O–H groups in total. The van der Waals surface area contributed by atoms with Crippen LogP contribution in [0.15, 0.2) is 23.0 Å². The summed E-state index contributed by atoms with van der Waals surface area (Å²) in [6.45, 7) is 5.76. The summed E-state index contributed by atoms with van der Waals surface area (Å²) < 4.78 is 32.5. The van der Waals surface area contributed by atoms with Crippen LogP contribution in [0.5, 0.6) is 0 Å². The predicted octanol–water partition coefficient (Wildman–Crippen LogP) is 2.95. The zero-order chi connectivity index (χ0) is 17.8. The van der Waals surface area contributed by atoms with Gasteiger partial charge in [-0.15, -0.1) is 15.0 Å². The van der Waals surface area contributed by atoms with Crippen LogP contribution in [0.1, 0.15) is 33.0 Å². The molecule has 3 aromatic rings.